The molecule has 0 spiro atoms. The second-order valence-corrected chi connectivity index (χ2v) is 5.81. The minimum atomic E-state index is -0.289. The Balaban J connectivity index is 1.63. The summed E-state index contributed by atoms with van der Waals surface area (Å²) in [4.78, 5) is 20.9. The van der Waals surface area contributed by atoms with Gasteiger partial charge in [0.15, 0.2) is 0 Å². The van der Waals surface area contributed by atoms with Crippen molar-refractivity contribution in [3.05, 3.63) is 83.6 Å². The lowest BCUT2D eigenvalue weighted by Crippen LogP contribution is -2.16. The molecule has 3 aromatic rings. The van der Waals surface area contributed by atoms with Crippen LogP contribution in [0.2, 0.25) is 0 Å². The first-order valence-corrected chi connectivity index (χ1v) is 8.30. The highest BCUT2D eigenvalue weighted by Gasteiger charge is 2.10. The molecule has 26 heavy (non-hydrogen) atoms. The summed E-state index contributed by atoms with van der Waals surface area (Å²) in [5, 5.41) is 5.99. The third-order valence-corrected chi connectivity index (χ3v) is 3.74. The van der Waals surface area contributed by atoms with E-state index in [0.717, 1.165) is 12.0 Å². The summed E-state index contributed by atoms with van der Waals surface area (Å²) in [5.74, 6) is 0.554. The van der Waals surface area contributed by atoms with Gasteiger partial charge in [-0.2, -0.15) is 0 Å². The van der Waals surface area contributed by atoms with E-state index in [1.54, 1.807) is 25.1 Å². The Bertz CT molecular complexity index is 882. The van der Waals surface area contributed by atoms with Crippen molar-refractivity contribution in [2.75, 3.05) is 17.2 Å². The summed E-state index contributed by atoms with van der Waals surface area (Å²) in [5.41, 5.74) is 2.02. The summed E-state index contributed by atoms with van der Waals surface area (Å²) in [6.07, 6.45) is 0.717. The van der Waals surface area contributed by atoms with Crippen molar-refractivity contribution >= 4 is 17.4 Å². The Hall–Kier alpha value is -3.28. The molecule has 0 aliphatic rings. The number of carbonyl (C=O) groups is 1. The Morgan fingerprint density at radius 2 is 1.77 bits per heavy atom. The Kier molecular flexibility index (Phi) is 5.53. The van der Waals surface area contributed by atoms with Gasteiger partial charge in [-0.3, -0.25) is 4.79 Å². The predicted octanol–water partition coefficient (Wildman–Crippen LogP) is 3.83. The van der Waals surface area contributed by atoms with Crippen LogP contribution in [0.25, 0.3) is 0 Å². The number of hydrogen-bond donors (Lipinski definition) is 2. The van der Waals surface area contributed by atoms with E-state index in [2.05, 4.69) is 20.6 Å². The molecule has 1 heterocycles. The molecule has 132 valence electrons. The molecule has 0 bridgehead atoms. The molecule has 1 aromatic heterocycles. The molecule has 6 heteroatoms. The molecule has 0 aliphatic carbocycles. The Labute approximate surface area is 151 Å². The first-order valence-electron chi connectivity index (χ1n) is 8.30. The zero-order valence-electron chi connectivity index (χ0n) is 14.4. The lowest BCUT2D eigenvalue weighted by Gasteiger charge is -2.09. The van der Waals surface area contributed by atoms with E-state index in [-0.39, 0.29) is 11.7 Å². The van der Waals surface area contributed by atoms with Gasteiger partial charge < -0.3 is 10.6 Å². The molecule has 0 unspecified atom stereocenters. The first-order chi connectivity index (χ1) is 12.6. The summed E-state index contributed by atoms with van der Waals surface area (Å²) < 4.78 is 12.9. The highest BCUT2D eigenvalue weighted by molar-refractivity contribution is 6.03. The summed E-state index contributed by atoms with van der Waals surface area (Å²) in [6.45, 7) is 2.35. The molecule has 2 aromatic carbocycles. The summed E-state index contributed by atoms with van der Waals surface area (Å²) >= 11 is 0. The number of aryl methyl sites for hydroxylation is 1. The van der Waals surface area contributed by atoms with Gasteiger partial charge in [0.25, 0.3) is 5.91 Å². The number of benzene rings is 2. The van der Waals surface area contributed by atoms with Crippen molar-refractivity contribution in [1.82, 2.24) is 9.97 Å². The van der Waals surface area contributed by atoms with Crippen LogP contribution >= 0.6 is 0 Å². The van der Waals surface area contributed by atoms with E-state index in [4.69, 9.17) is 0 Å². The van der Waals surface area contributed by atoms with Crippen LogP contribution in [0.4, 0.5) is 15.9 Å². The predicted molar refractivity (Wildman–Crippen MR) is 99.8 cm³/mol. The number of halogens is 1. The van der Waals surface area contributed by atoms with Crippen LogP contribution < -0.4 is 10.6 Å². The topological polar surface area (TPSA) is 66.9 Å². The van der Waals surface area contributed by atoms with Crippen molar-refractivity contribution in [3.63, 3.8) is 0 Å². The lowest BCUT2D eigenvalue weighted by atomic mass is 10.1. The number of para-hydroxylation sites is 1. The van der Waals surface area contributed by atoms with Gasteiger partial charge in [0.2, 0.25) is 0 Å². The van der Waals surface area contributed by atoms with E-state index >= 15 is 0 Å². The third-order valence-electron chi connectivity index (χ3n) is 3.74. The van der Waals surface area contributed by atoms with Crippen LogP contribution in [0.3, 0.4) is 0 Å². The van der Waals surface area contributed by atoms with Gasteiger partial charge in [-0.15, -0.1) is 0 Å². The van der Waals surface area contributed by atoms with Gasteiger partial charge >= 0.3 is 0 Å². The standard InChI is InChI=1S/C20H19FN4O/c1-14-23-18(20(26)25-17-5-3-2-4-6-17)13-19(24-14)22-12-11-15-7-9-16(21)10-8-15/h2-10,13H,11-12H2,1H3,(H,25,26)(H,22,23,24). The third kappa shape index (κ3) is 4.86. The number of nitrogens with zero attached hydrogens (tertiary/aromatic N) is 2. The van der Waals surface area contributed by atoms with E-state index in [1.165, 1.54) is 12.1 Å². The van der Waals surface area contributed by atoms with Crippen molar-refractivity contribution in [2.45, 2.75) is 13.3 Å². The molecular weight excluding hydrogens is 331 g/mol. The molecule has 3 rings (SSSR count). The van der Waals surface area contributed by atoms with Crippen molar-refractivity contribution in [1.29, 1.82) is 0 Å². The average molecular weight is 350 g/mol. The molecule has 1 amide bonds. The summed E-state index contributed by atoms with van der Waals surface area (Å²) in [6, 6.07) is 17.2. The second kappa shape index (κ2) is 8.20. The van der Waals surface area contributed by atoms with Gasteiger partial charge in [-0.1, -0.05) is 30.3 Å². The average Bonchev–Trinajstić information content (AvgIpc) is 2.64. The normalized spacial score (nSPS) is 10.4. The molecule has 5 nitrogen and oxygen atoms in total. The first kappa shape index (κ1) is 17.5. The quantitative estimate of drug-likeness (QED) is 0.709. The molecule has 0 aliphatic heterocycles. The van der Waals surface area contributed by atoms with Gasteiger partial charge in [0.1, 0.15) is 23.2 Å². The lowest BCUT2D eigenvalue weighted by molar-refractivity contribution is 0.102. The van der Waals surface area contributed by atoms with Gasteiger partial charge in [0.05, 0.1) is 0 Å². The highest BCUT2D eigenvalue weighted by Crippen LogP contribution is 2.11. The monoisotopic (exact) mass is 350 g/mol. The van der Waals surface area contributed by atoms with Crippen LogP contribution in [-0.2, 0) is 6.42 Å². The maximum absolute atomic E-state index is 12.9. The number of carbonyl (C=O) groups excluding carboxylic acids is 1. The zero-order valence-corrected chi connectivity index (χ0v) is 14.4. The molecule has 0 radical (unpaired) electrons. The SMILES string of the molecule is Cc1nc(NCCc2ccc(F)cc2)cc(C(=O)Nc2ccccc2)n1. The van der Waals surface area contributed by atoms with Gasteiger partial charge in [-0.05, 0) is 43.2 Å². The Morgan fingerprint density at radius 1 is 1.04 bits per heavy atom. The second-order valence-electron chi connectivity index (χ2n) is 5.81. The molecule has 0 atom stereocenters. The fourth-order valence-electron chi connectivity index (χ4n) is 2.48. The number of hydrogen-bond acceptors (Lipinski definition) is 4. The molecule has 0 fully saturated rings. The molecular formula is C20H19FN4O. The number of amides is 1. The summed E-state index contributed by atoms with van der Waals surface area (Å²) in [7, 11) is 0. The zero-order chi connectivity index (χ0) is 18.4. The minimum Gasteiger partial charge on any atom is -0.370 e. The van der Waals surface area contributed by atoms with Crippen LogP contribution in [0.5, 0.6) is 0 Å². The van der Waals surface area contributed by atoms with Crippen LogP contribution in [0.15, 0.2) is 60.7 Å². The van der Waals surface area contributed by atoms with Crippen LogP contribution in [0, 0.1) is 12.7 Å². The minimum absolute atomic E-state index is 0.248. The number of rotatable bonds is 6. The van der Waals surface area contributed by atoms with E-state index < -0.39 is 0 Å². The number of nitrogens with one attached hydrogen (secondary N) is 2. The number of aromatic nitrogens is 2. The molecule has 0 saturated carbocycles. The van der Waals surface area contributed by atoms with Gasteiger partial charge in [-0.25, -0.2) is 14.4 Å². The van der Waals surface area contributed by atoms with Crippen LogP contribution in [0.1, 0.15) is 21.9 Å². The maximum atomic E-state index is 12.9. The smallest absolute Gasteiger partial charge is 0.274 e. The highest BCUT2D eigenvalue weighted by atomic mass is 19.1. The fraction of sp³-hybridized carbons (Fsp3) is 0.150. The maximum Gasteiger partial charge on any atom is 0.274 e. The van der Waals surface area contributed by atoms with E-state index in [9.17, 15) is 9.18 Å². The van der Waals surface area contributed by atoms with Crippen molar-refractivity contribution < 1.29 is 9.18 Å². The fourth-order valence-corrected chi connectivity index (χ4v) is 2.48. The van der Waals surface area contributed by atoms with Crippen molar-refractivity contribution in [3.8, 4) is 0 Å². The molecule has 2 N–H and O–H groups in total. The Morgan fingerprint density at radius 3 is 2.50 bits per heavy atom. The van der Waals surface area contributed by atoms with E-state index in [1.807, 2.05) is 30.3 Å². The van der Waals surface area contributed by atoms with Crippen molar-refractivity contribution in [2.24, 2.45) is 0 Å². The largest absolute Gasteiger partial charge is 0.370 e. The number of anilines is 2. The van der Waals surface area contributed by atoms with Crippen LogP contribution in [-0.4, -0.2) is 22.4 Å². The van der Waals surface area contributed by atoms with Gasteiger partial charge in [0, 0.05) is 18.3 Å². The molecule has 0 saturated heterocycles. The van der Waals surface area contributed by atoms with E-state index in [0.29, 0.717) is 29.6 Å².